The Morgan fingerprint density at radius 2 is 2.11 bits per heavy atom. The number of methoxy groups -OCH3 is 2. The van der Waals surface area contributed by atoms with Gasteiger partial charge in [0.15, 0.2) is 11.5 Å². The molecule has 0 aliphatic heterocycles. The fourth-order valence-electron chi connectivity index (χ4n) is 1.86. The molecule has 1 aromatic heterocycles. The zero-order chi connectivity index (χ0) is 13.2. The Labute approximate surface area is 110 Å². The Morgan fingerprint density at radius 3 is 2.79 bits per heavy atom. The van der Waals surface area contributed by atoms with Crippen molar-refractivity contribution in [1.29, 1.82) is 0 Å². The summed E-state index contributed by atoms with van der Waals surface area (Å²) in [4.78, 5) is 4.32. The Bertz CT molecular complexity index is 578. The molecule has 0 radical (unpaired) electrons. The molecule has 19 heavy (non-hydrogen) atoms. The van der Waals surface area contributed by atoms with Crippen molar-refractivity contribution >= 4 is 6.01 Å². The Morgan fingerprint density at radius 1 is 1.26 bits per heavy atom. The summed E-state index contributed by atoms with van der Waals surface area (Å²) in [7, 11) is 3.18. The number of hydrogen-bond acceptors (Lipinski definition) is 6. The van der Waals surface area contributed by atoms with Gasteiger partial charge in [-0.15, -0.1) is 0 Å². The second kappa shape index (κ2) is 4.79. The number of aromatic nitrogens is 2. The summed E-state index contributed by atoms with van der Waals surface area (Å²) in [5.41, 5.74) is 0.745. The van der Waals surface area contributed by atoms with Crippen LogP contribution in [0.25, 0.3) is 11.4 Å². The summed E-state index contributed by atoms with van der Waals surface area (Å²) in [6.07, 6.45) is 2.31. The molecule has 0 atom stereocenters. The first-order valence-corrected chi connectivity index (χ1v) is 6.13. The maximum Gasteiger partial charge on any atom is 0.322 e. The third-order valence-electron chi connectivity index (χ3n) is 2.97. The molecule has 6 nitrogen and oxygen atoms in total. The molecule has 0 bridgehead atoms. The first-order valence-electron chi connectivity index (χ1n) is 6.13. The minimum atomic E-state index is 0.447. The van der Waals surface area contributed by atoms with Gasteiger partial charge in [-0.2, -0.15) is 4.98 Å². The number of nitrogens with zero attached hydrogens (tertiary/aromatic N) is 2. The normalized spacial score (nSPS) is 14.2. The number of para-hydroxylation sites is 1. The van der Waals surface area contributed by atoms with E-state index in [1.807, 2.05) is 18.2 Å². The second-order valence-corrected chi connectivity index (χ2v) is 4.38. The van der Waals surface area contributed by atoms with Gasteiger partial charge in [-0.05, 0) is 25.0 Å². The van der Waals surface area contributed by atoms with Crippen LogP contribution >= 0.6 is 0 Å². The summed E-state index contributed by atoms with van der Waals surface area (Å²) in [5, 5.41) is 7.13. The van der Waals surface area contributed by atoms with Gasteiger partial charge < -0.3 is 19.3 Å². The van der Waals surface area contributed by atoms with E-state index in [-0.39, 0.29) is 0 Å². The Balaban J connectivity index is 1.93. The van der Waals surface area contributed by atoms with Crippen molar-refractivity contribution in [2.75, 3.05) is 19.5 Å². The SMILES string of the molecule is COc1cccc(-c2noc(NC3CC3)n2)c1OC. The molecule has 0 amide bonds. The van der Waals surface area contributed by atoms with Gasteiger partial charge in [-0.3, -0.25) is 0 Å². The fraction of sp³-hybridized carbons (Fsp3) is 0.385. The predicted octanol–water partition coefficient (Wildman–Crippen LogP) is 2.33. The van der Waals surface area contributed by atoms with Crippen molar-refractivity contribution in [3.05, 3.63) is 18.2 Å². The van der Waals surface area contributed by atoms with Crippen LogP contribution in [-0.2, 0) is 0 Å². The average molecular weight is 261 g/mol. The molecule has 3 rings (SSSR count). The molecule has 1 fully saturated rings. The average Bonchev–Trinajstić information content (AvgIpc) is 3.13. The molecule has 1 saturated carbocycles. The lowest BCUT2D eigenvalue weighted by Crippen LogP contribution is -2.00. The molecule has 1 aliphatic rings. The minimum Gasteiger partial charge on any atom is -0.493 e. The number of hydrogen-bond donors (Lipinski definition) is 1. The van der Waals surface area contributed by atoms with Crippen LogP contribution in [0.5, 0.6) is 11.5 Å². The monoisotopic (exact) mass is 261 g/mol. The van der Waals surface area contributed by atoms with Crippen molar-refractivity contribution in [3.63, 3.8) is 0 Å². The van der Waals surface area contributed by atoms with Crippen LogP contribution in [-0.4, -0.2) is 30.4 Å². The molecule has 1 aromatic carbocycles. The summed E-state index contributed by atoms with van der Waals surface area (Å²) in [6.45, 7) is 0. The summed E-state index contributed by atoms with van der Waals surface area (Å²) in [5.74, 6) is 1.73. The fourth-order valence-corrected chi connectivity index (χ4v) is 1.86. The van der Waals surface area contributed by atoms with Crippen molar-refractivity contribution in [3.8, 4) is 22.9 Å². The predicted molar refractivity (Wildman–Crippen MR) is 69.5 cm³/mol. The summed E-state index contributed by atoms with van der Waals surface area (Å²) < 4.78 is 15.8. The van der Waals surface area contributed by atoms with Gasteiger partial charge in [-0.1, -0.05) is 11.2 Å². The third kappa shape index (κ3) is 2.33. The smallest absolute Gasteiger partial charge is 0.322 e. The lowest BCUT2D eigenvalue weighted by Gasteiger charge is -2.09. The quantitative estimate of drug-likeness (QED) is 0.890. The van der Waals surface area contributed by atoms with E-state index in [4.69, 9.17) is 14.0 Å². The zero-order valence-electron chi connectivity index (χ0n) is 10.8. The summed E-state index contributed by atoms with van der Waals surface area (Å²) >= 11 is 0. The third-order valence-corrected chi connectivity index (χ3v) is 2.97. The minimum absolute atomic E-state index is 0.447. The number of rotatable bonds is 5. The first-order chi connectivity index (χ1) is 9.31. The van der Waals surface area contributed by atoms with E-state index in [0.29, 0.717) is 29.4 Å². The van der Waals surface area contributed by atoms with Crippen molar-refractivity contribution in [1.82, 2.24) is 10.1 Å². The molecular formula is C13H15N3O3. The number of nitrogens with one attached hydrogen (secondary N) is 1. The van der Waals surface area contributed by atoms with Crippen molar-refractivity contribution in [2.24, 2.45) is 0 Å². The Hall–Kier alpha value is -2.24. The number of anilines is 1. The van der Waals surface area contributed by atoms with E-state index >= 15 is 0 Å². The molecule has 2 aromatic rings. The van der Waals surface area contributed by atoms with Gasteiger partial charge in [0.1, 0.15) is 0 Å². The molecule has 1 N–H and O–H groups in total. The molecule has 1 aliphatic carbocycles. The highest BCUT2D eigenvalue weighted by Gasteiger charge is 2.24. The van der Waals surface area contributed by atoms with Crippen LogP contribution in [0.2, 0.25) is 0 Å². The van der Waals surface area contributed by atoms with E-state index in [9.17, 15) is 0 Å². The largest absolute Gasteiger partial charge is 0.493 e. The van der Waals surface area contributed by atoms with Gasteiger partial charge in [0.2, 0.25) is 5.82 Å². The van der Waals surface area contributed by atoms with Gasteiger partial charge >= 0.3 is 6.01 Å². The van der Waals surface area contributed by atoms with E-state index in [1.165, 1.54) is 0 Å². The van der Waals surface area contributed by atoms with Crippen molar-refractivity contribution < 1.29 is 14.0 Å². The van der Waals surface area contributed by atoms with Crippen LogP contribution in [0.15, 0.2) is 22.7 Å². The molecular weight excluding hydrogens is 246 g/mol. The molecule has 1 heterocycles. The highest BCUT2D eigenvalue weighted by Crippen LogP contribution is 2.37. The highest BCUT2D eigenvalue weighted by molar-refractivity contribution is 5.68. The molecule has 6 heteroatoms. The Kier molecular flexibility index (Phi) is 2.98. The van der Waals surface area contributed by atoms with Crippen molar-refractivity contribution in [2.45, 2.75) is 18.9 Å². The topological polar surface area (TPSA) is 69.4 Å². The molecule has 100 valence electrons. The van der Waals surface area contributed by atoms with Gasteiger partial charge in [0.05, 0.1) is 19.8 Å². The highest BCUT2D eigenvalue weighted by atomic mass is 16.5. The van der Waals surface area contributed by atoms with E-state index < -0.39 is 0 Å². The van der Waals surface area contributed by atoms with Gasteiger partial charge in [-0.25, -0.2) is 0 Å². The van der Waals surface area contributed by atoms with Crippen LogP contribution in [0.4, 0.5) is 6.01 Å². The van der Waals surface area contributed by atoms with Crippen LogP contribution in [0, 0.1) is 0 Å². The van der Waals surface area contributed by atoms with Gasteiger partial charge in [0.25, 0.3) is 0 Å². The number of benzene rings is 1. The molecule has 0 spiro atoms. The van der Waals surface area contributed by atoms with Crippen LogP contribution < -0.4 is 14.8 Å². The first kappa shape index (κ1) is 11.8. The standard InChI is InChI=1S/C13H15N3O3/c1-17-10-5-3-4-9(11(10)18-2)12-15-13(19-16-12)14-8-6-7-8/h3-5,8H,6-7H2,1-2H3,(H,14,15,16). The molecule has 0 unspecified atom stereocenters. The van der Waals surface area contributed by atoms with Crippen LogP contribution in [0.1, 0.15) is 12.8 Å². The molecule has 0 saturated heterocycles. The van der Waals surface area contributed by atoms with Crippen LogP contribution in [0.3, 0.4) is 0 Å². The lowest BCUT2D eigenvalue weighted by molar-refractivity contribution is 0.355. The van der Waals surface area contributed by atoms with E-state index in [2.05, 4.69) is 15.5 Å². The van der Waals surface area contributed by atoms with Gasteiger partial charge in [0, 0.05) is 6.04 Å². The van der Waals surface area contributed by atoms with E-state index in [1.54, 1.807) is 14.2 Å². The maximum absolute atomic E-state index is 5.36. The second-order valence-electron chi connectivity index (χ2n) is 4.38. The maximum atomic E-state index is 5.36. The zero-order valence-corrected chi connectivity index (χ0v) is 10.8. The van der Waals surface area contributed by atoms with E-state index in [0.717, 1.165) is 18.4 Å². The summed E-state index contributed by atoms with van der Waals surface area (Å²) in [6, 6.07) is 6.47. The lowest BCUT2D eigenvalue weighted by atomic mass is 10.2. The number of ether oxygens (including phenoxy) is 2.